The molecule has 0 aliphatic heterocycles. The summed E-state index contributed by atoms with van der Waals surface area (Å²) >= 11 is 0. The summed E-state index contributed by atoms with van der Waals surface area (Å²) in [6, 6.07) is 5.95. The van der Waals surface area contributed by atoms with Crippen LogP contribution >= 0.6 is 0 Å². The summed E-state index contributed by atoms with van der Waals surface area (Å²) in [7, 11) is 0. The number of hydrogen-bond donors (Lipinski definition) is 2. The molecule has 0 heterocycles. The number of nitrogens with one attached hydrogen (secondary N) is 1. The van der Waals surface area contributed by atoms with Crippen molar-refractivity contribution in [3.8, 4) is 5.75 Å². The third kappa shape index (κ3) is 6.59. The summed E-state index contributed by atoms with van der Waals surface area (Å²) < 4.78 is 11.1. The van der Waals surface area contributed by atoms with Crippen LogP contribution in [0.5, 0.6) is 5.75 Å². The molecule has 1 rings (SSSR count). The van der Waals surface area contributed by atoms with E-state index < -0.39 is 5.54 Å². The minimum absolute atomic E-state index is 0.139. The van der Waals surface area contributed by atoms with Gasteiger partial charge in [-0.1, -0.05) is 25.5 Å². The van der Waals surface area contributed by atoms with Crippen LogP contribution in [0.4, 0.5) is 0 Å². The smallest absolute Gasteiger partial charge is 0.240 e. The molecule has 0 radical (unpaired) electrons. The summed E-state index contributed by atoms with van der Waals surface area (Å²) in [5.74, 6) is 0.638. The van der Waals surface area contributed by atoms with Crippen molar-refractivity contribution in [2.24, 2.45) is 5.73 Å². The summed E-state index contributed by atoms with van der Waals surface area (Å²) in [6.07, 6.45) is 1.53. The maximum atomic E-state index is 12.2. The standard InChI is InChI=1S/C18H30N2O3/c1-5-9-18(4,19)17(21)20-13-15-8-7-14(3)12-16(15)23-11-10-22-6-2/h7-8,12H,5-6,9-11,13,19H2,1-4H3,(H,20,21). The van der Waals surface area contributed by atoms with Gasteiger partial charge in [0.1, 0.15) is 12.4 Å². The van der Waals surface area contributed by atoms with Crippen LogP contribution in [0.2, 0.25) is 0 Å². The van der Waals surface area contributed by atoms with Gasteiger partial charge in [0, 0.05) is 18.7 Å². The molecule has 0 bridgehead atoms. The van der Waals surface area contributed by atoms with E-state index in [0.29, 0.717) is 32.8 Å². The maximum Gasteiger partial charge on any atom is 0.240 e. The van der Waals surface area contributed by atoms with Crippen LogP contribution in [0.15, 0.2) is 18.2 Å². The Bertz CT molecular complexity index is 501. The summed E-state index contributed by atoms with van der Waals surface area (Å²) in [4.78, 5) is 12.2. The zero-order valence-corrected chi connectivity index (χ0v) is 14.8. The largest absolute Gasteiger partial charge is 0.491 e. The van der Waals surface area contributed by atoms with E-state index in [0.717, 1.165) is 23.3 Å². The molecule has 1 unspecified atom stereocenters. The normalized spacial score (nSPS) is 13.4. The molecule has 0 spiro atoms. The van der Waals surface area contributed by atoms with Crippen LogP contribution in [-0.4, -0.2) is 31.3 Å². The van der Waals surface area contributed by atoms with Gasteiger partial charge in [-0.2, -0.15) is 0 Å². The fourth-order valence-corrected chi connectivity index (χ4v) is 2.31. The molecule has 0 fully saturated rings. The van der Waals surface area contributed by atoms with E-state index in [4.69, 9.17) is 15.2 Å². The predicted octanol–water partition coefficient (Wildman–Crippen LogP) is 2.54. The van der Waals surface area contributed by atoms with E-state index in [1.807, 2.05) is 39.0 Å². The fourth-order valence-electron chi connectivity index (χ4n) is 2.31. The average molecular weight is 322 g/mol. The Hall–Kier alpha value is -1.59. The molecule has 1 amide bonds. The molecule has 0 saturated carbocycles. The number of rotatable bonds is 10. The highest BCUT2D eigenvalue weighted by Gasteiger charge is 2.26. The third-order valence-electron chi connectivity index (χ3n) is 3.64. The van der Waals surface area contributed by atoms with E-state index in [1.54, 1.807) is 6.92 Å². The Morgan fingerprint density at radius 2 is 2.04 bits per heavy atom. The molecule has 130 valence electrons. The van der Waals surface area contributed by atoms with Gasteiger partial charge in [-0.3, -0.25) is 4.79 Å². The molecule has 0 saturated heterocycles. The lowest BCUT2D eigenvalue weighted by molar-refractivity contribution is -0.126. The molecule has 5 nitrogen and oxygen atoms in total. The molecule has 1 atom stereocenters. The van der Waals surface area contributed by atoms with E-state index in [2.05, 4.69) is 5.32 Å². The van der Waals surface area contributed by atoms with Crippen LogP contribution in [-0.2, 0) is 16.1 Å². The van der Waals surface area contributed by atoms with Gasteiger partial charge in [-0.15, -0.1) is 0 Å². The lowest BCUT2D eigenvalue weighted by Crippen LogP contribution is -2.51. The van der Waals surface area contributed by atoms with Crippen molar-refractivity contribution in [2.75, 3.05) is 19.8 Å². The quantitative estimate of drug-likeness (QED) is 0.649. The van der Waals surface area contributed by atoms with Gasteiger partial charge in [-0.25, -0.2) is 0 Å². The Labute approximate surface area is 139 Å². The zero-order chi connectivity index (χ0) is 17.3. The van der Waals surface area contributed by atoms with Gasteiger partial charge < -0.3 is 20.5 Å². The highest BCUT2D eigenvalue weighted by molar-refractivity contribution is 5.85. The van der Waals surface area contributed by atoms with Crippen LogP contribution in [0.1, 0.15) is 44.7 Å². The monoisotopic (exact) mass is 322 g/mol. The summed E-state index contributed by atoms with van der Waals surface area (Å²) in [5, 5.41) is 2.91. The number of aryl methyl sites for hydroxylation is 1. The Morgan fingerprint density at radius 1 is 1.30 bits per heavy atom. The van der Waals surface area contributed by atoms with Crippen molar-refractivity contribution in [2.45, 2.75) is 52.6 Å². The second-order valence-electron chi connectivity index (χ2n) is 6.01. The first-order valence-corrected chi connectivity index (χ1v) is 8.28. The molecule has 0 aliphatic carbocycles. The number of nitrogens with two attached hydrogens (primary N) is 1. The lowest BCUT2D eigenvalue weighted by atomic mass is 9.96. The summed E-state index contributed by atoms with van der Waals surface area (Å²) in [5.41, 5.74) is 7.26. The molecule has 0 aromatic heterocycles. The summed E-state index contributed by atoms with van der Waals surface area (Å²) in [6.45, 7) is 9.86. The van der Waals surface area contributed by atoms with Gasteiger partial charge in [0.25, 0.3) is 0 Å². The molecule has 1 aromatic rings. The first kappa shape index (κ1) is 19.5. The Morgan fingerprint density at radius 3 is 2.70 bits per heavy atom. The van der Waals surface area contributed by atoms with Gasteiger partial charge in [-0.05, 0) is 38.8 Å². The third-order valence-corrected chi connectivity index (χ3v) is 3.64. The number of carbonyl (C=O) groups excluding carboxylic acids is 1. The minimum Gasteiger partial charge on any atom is -0.491 e. The van der Waals surface area contributed by atoms with E-state index in [9.17, 15) is 4.79 Å². The molecule has 3 N–H and O–H groups in total. The SMILES string of the molecule is CCCC(C)(N)C(=O)NCc1ccc(C)cc1OCCOCC. The number of ether oxygens (including phenoxy) is 2. The Kier molecular flexibility index (Phi) is 8.06. The van der Waals surface area contributed by atoms with Gasteiger partial charge in [0.05, 0.1) is 12.1 Å². The van der Waals surface area contributed by atoms with Crippen LogP contribution in [0.3, 0.4) is 0 Å². The number of carbonyl (C=O) groups is 1. The molecule has 5 heteroatoms. The number of benzene rings is 1. The second-order valence-corrected chi connectivity index (χ2v) is 6.01. The second kappa shape index (κ2) is 9.53. The van der Waals surface area contributed by atoms with Crippen LogP contribution in [0.25, 0.3) is 0 Å². The van der Waals surface area contributed by atoms with Crippen molar-refractivity contribution in [3.63, 3.8) is 0 Å². The molecule has 0 aliphatic rings. The molecular formula is C18H30N2O3. The highest BCUT2D eigenvalue weighted by atomic mass is 16.5. The highest BCUT2D eigenvalue weighted by Crippen LogP contribution is 2.20. The van der Waals surface area contributed by atoms with Gasteiger partial charge >= 0.3 is 0 Å². The first-order valence-electron chi connectivity index (χ1n) is 8.28. The van der Waals surface area contributed by atoms with Crippen LogP contribution < -0.4 is 15.8 Å². The minimum atomic E-state index is -0.838. The maximum absolute atomic E-state index is 12.2. The topological polar surface area (TPSA) is 73.6 Å². The van der Waals surface area contributed by atoms with Crippen molar-refractivity contribution in [1.82, 2.24) is 5.32 Å². The number of hydrogen-bond acceptors (Lipinski definition) is 4. The molecular weight excluding hydrogens is 292 g/mol. The van der Waals surface area contributed by atoms with Gasteiger partial charge in [0.2, 0.25) is 5.91 Å². The first-order chi connectivity index (χ1) is 10.9. The predicted molar refractivity (Wildman–Crippen MR) is 92.5 cm³/mol. The van der Waals surface area contributed by atoms with Crippen molar-refractivity contribution >= 4 is 5.91 Å². The molecule has 1 aromatic carbocycles. The zero-order valence-electron chi connectivity index (χ0n) is 14.8. The van der Waals surface area contributed by atoms with Gasteiger partial charge in [0.15, 0.2) is 0 Å². The van der Waals surface area contributed by atoms with E-state index in [-0.39, 0.29) is 5.91 Å². The molecule has 23 heavy (non-hydrogen) atoms. The van der Waals surface area contributed by atoms with Crippen LogP contribution in [0, 0.1) is 6.92 Å². The van der Waals surface area contributed by atoms with Crippen molar-refractivity contribution < 1.29 is 14.3 Å². The fraction of sp³-hybridized carbons (Fsp3) is 0.611. The average Bonchev–Trinajstić information content (AvgIpc) is 2.50. The number of amides is 1. The Balaban J connectivity index is 2.66. The van der Waals surface area contributed by atoms with E-state index >= 15 is 0 Å². The van der Waals surface area contributed by atoms with E-state index in [1.165, 1.54) is 0 Å². The van der Waals surface area contributed by atoms with Crippen molar-refractivity contribution in [3.05, 3.63) is 29.3 Å². The van der Waals surface area contributed by atoms with Crippen molar-refractivity contribution in [1.29, 1.82) is 0 Å². The lowest BCUT2D eigenvalue weighted by Gasteiger charge is -2.23.